The lowest BCUT2D eigenvalue weighted by Gasteiger charge is -2.29. The first-order chi connectivity index (χ1) is 12.6. The van der Waals surface area contributed by atoms with Gasteiger partial charge in [-0.05, 0) is 59.5 Å². The number of fused-ring (bicyclic) bond motifs is 1. The monoisotopic (exact) mass is 352 g/mol. The highest BCUT2D eigenvalue weighted by molar-refractivity contribution is 5.94. The second-order valence-electron chi connectivity index (χ2n) is 6.04. The third-order valence-corrected chi connectivity index (χ3v) is 4.40. The van der Waals surface area contributed by atoms with Gasteiger partial charge in [0.2, 0.25) is 0 Å². The summed E-state index contributed by atoms with van der Waals surface area (Å²) < 4.78 is 5.13. The molecule has 0 aliphatic carbocycles. The second-order valence-corrected chi connectivity index (χ2v) is 6.04. The summed E-state index contributed by atoms with van der Waals surface area (Å²) in [4.78, 5) is 25.7. The number of amides is 2. The summed E-state index contributed by atoms with van der Waals surface area (Å²) in [5, 5.41) is 8.54. The molecule has 26 heavy (non-hydrogen) atoms. The molecule has 0 saturated heterocycles. The Kier molecular flexibility index (Phi) is 5.34. The zero-order chi connectivity index (χ0) is 18.5. The molecular formula is C20H20N2O4. The molecular weight excluding hydrogens is 332 g/mol. The van der Waals surface area contributed by atoms with E-state index in [1.54, 1.807) is 42.9 Å². The number of nitrogens with zero attached hydrogens (tertiary/aromatic N) is 1. The Bertz CT molecular complexity index is 843. The maximum absolute atomic E-state index is 12.7. The van der Waals surface area contributed by atoms with Crippen LogP contribution in [0.5, 0.6) is 5.75 Å². The van der Waals surface area contributed by atoms with Crippen LogP contribution in [-0.4, -0.2) is 35.6 Å². The predicted octanol–water partition coefficient (Wildman–Crippen LogP) is 2.41. The van der Waals surface area contributed by atoms with Gasteiger partial charge in [-0.1, -0.05) is 12.1 Å². The minimum atomic E-state index is -0.584. The largest absolute Gasteiger partial charge is 0.497 e. The summed E-state index contributed by atoms with van der Waals surface area (Å²) in [5.74, 6) is 0.117. The third-order valence-electron chi connectivity index (χ3n) is 4.40. The summed E-state index contributed by atoms with van der Waals surface area (Å²) >= 11 is 0. The van der Waals surface area contributed by atoms with Gasteiger partial charge in [-0.25, -0.2) is 5.48 Å². The molecule has 2 aromatic carbocycles. The van der Waals surface area contributed by atoms with Crippen LogP contribution in [0.4, 0.5) is 0 Å². The molecule has 6 nitrogen and oxygen atoms in total. The molecule has 0 aromatic heterocycles. The molecule has 0 fully saturated rings. The summed E-state index contributed by atoms with van der Waals surface area (Å²) in [6, 6.07) is 13.0. The van der Waals surface area contributed by atoms with E-state index in [1.807, 2.05) is 23.1 Å². The number of ether oxygens (including phenoxy) is 1. The molecule has 0 spiro atoms. The van der Waals surface area contributed by atoms with Gasteiger partial charge in [0.1, 0.15) is 5.75 Å². The zero-order valence-corrected chi connectivity index (χ0v) is 14.4. The van der Waals surface area contributed by atoms with E-state index >= 15 is 0 Å². The second kappa shape index (κ2) is 7.84. The van der Waals surface area contributed by atoms with Crippen molar-refractivity contribution in [2.45, 2.75) is 13.0 Å². The first kappa shape index (κ1) is 17.7. The van der Waals surface area contributed by atoms with Crippen molar-refractivity contribution in [3.8, 4) is 5.75 Å². The number of carbonyl (C=O) groups is 2. The van der Waals surface area contributed by atoms with Gasteiger partial charge in [0, 0.05) is 24.7 Å². The van der Waals surface area contributed by atoms with E-state index in [4.69, 9.17) is 9.94 Å². The quantitative estimate of drug-likeness (QED) is 0.503. The van der Waals surface area contributed by atoms with Crippen molar-refractivity contribution in [3.63, 3.8) is 0 Å². The molecule has 1 aliphatic rings. The summed E-state index contributed by atoms with van der Waals surface area (Å²) in [6.45, 7) is 1.19. The van der Waals surface area contributed by atoms with E-state index in [0.29, 0.717) is 24.4 Å². The Morgan fingerprint density at radius 1 is 1.15 bits per heavy atom. The van der Waals surface area contributed by atoms with Crippen LogP contribution in [0.15, 0.2) is 48.5 Å². The number of hydrogen-bond donors (Lipinski definition) is 2. The average Bonchev–Trinajstić information content (AvgIpc) is 2.70. The smallest absolute Gasteiger partial charge is 0.267 e. The molecule has 0 unspecified atom stereocenters. The molecule has 0 radical (unpaired) electrons. The summed E-state index contributed by atoms with van der Waals surface area (Å²) in [7, 11) is 1.59. The van der Waals surface area contributed by atoms with Crippen LogP contribution in [0, 0.1) is 0 Å². The van der Waals surface area contributed by atoms with Crippen LogP contribution >= 0.6 is 0 Å². The van der Waals surface area contributed by atoms with Crippen LogP contribution in [0.3, 0.4) is 0 Å². The predicted molar refractivity (Wildman–Crippen MR) is 96.8 cm³/mol. The Hall–Kier alpha value is -3.12. The van der Waals surface area contributed by atoms with Gasteiger partial charge in [-0.2, -0.15) is 0 Å². The van der Waals surface area contributed by atoms with E-state index in [2.05, 4.69) is 0 Å². The topological polar surface area (TPSA) is 78.9 Å². The van der Waals surface area contributed by atoms with Gasteiger partial charge in [-0.15, -0.1) is 0 Å². The van der Waals surface area contributed by atoms with Crippen molar-refractivity contribution in [2.75, 3.05) is 13.7 Å². The van der Waals surface area contributed by atoms with Gasteiger partial charge in [0.05, 0.1) is 7.11 Å². The fraction of sp³-hybridized carbons (Fsp3) is 0.200. The van der Waals surface area contributed by atoms with Crippen molar-refractivity contribution in [3.05, 3.63) is 70.8 Å². The highest BCUT2D eigenvalue weighted by atomic mass is 16.5. The van der Waals surface area contributed by atoms with Crippen molar-refractivity contribution in [1.82, 2.24) is 10.4 Å². The van der Waals surface area contributed by atoms with Crippen LogP contribution < -0.4 is 10.2 Å². The minimum absolute atomic E-state index is 0.0149. The molecule has 2 aromatic rings. The number of rotatable bonds is 4. The molecule has 0 bridgehead atoms. The number of nitrogens with one attached hydrogen (secondary N) is 1. The number of hydroxylamine groups is 1. The molecule has 1 heterocycles. The zero-order valence-electron chi connectivity index (χ0n) is 14.4. The van der Waals surface area contributed by atoms with E-state index in [0.717, 1.165) is 17.5 Å². The standard InChI is InChI=1S/C20H20N2O4/c1-26-18-7-5-16(6-8-18)20(24)22-11-10-15-4-2-14(12-17(15)13-22)3-9-19(23)21-25/h2-9,12,25H,10-11,13H2,1H3,(H,21,23). The van der Waals surface area contributed by atoms with Crippen LogP contribution in [0.1, 0.15) is 27.0 Å². The lowest BCUT2D eigenvalue weighted by molar-refractivity contribution is -0.124. The Morgan fingerprint density at radius 3 is 2.62 bits per heavy atom. The van der Waals surface area contributed by atoms with Crippen molar-refractivity contribution < 1.29 is 19.5 Å². The van der Waals surface area contributed by atoms with Crippen molar-refractivity contribution in [2.24, 2.45) is 0 Å². The van der Waals surface area contributed by atoms with Gasteiger partial charge in [0.25, 0.3) is 11.8 Å². The maximum Gasteiger partial charge on any atom is 0.267 e. The van der Waals surface area contributed by atoms with Gasteiger partial charge < -0.3 is 9.64 Å². The maximum atomic E-state index is 12.7. The summed E-state index contributed by atoms with van der Waals surface area (Å²) in [5.41, 5.74) is 5.29. The third kappa shape index (κ3) is 3.92. The van der Waals surface area contributed by atoms with E-state index in [-0.39, 0.29) is 5.91 Å². The highest BCUT2D eigenvalue weighted by Gasteiger charge is 2.21. The molecule has 0 atom stereocenters. The number of benzene rings is 2. The van der Waals surface area contributed by atoms with Crippen molar-refractivity contribution in [1.29, 1.82) is 0 Å². The highest BCUT2D eigenvalue weighted by Crippen LogP contribution is 2.23. The molecule has 2 N–H and O–H groups in total. The number of methoxy groups -OCH3 is 1. The molecule has 2 amide bonds. The fourth-order valence-corrected chi connectivity index (χ4v) is 2.98. The molecule has 6 heteroatoms. The van der Waals surface area contributed by atoms with Crippen LogP contribution in [0.2, 0.25) is 0 Å². The minimum Gasteiger partial charge on any atom is -0.497 e. The summed E-state index contributed by atoms with van der Waals surface area (Å²) in [6.07, 6.45) is 3.67. The fourth-order valence-electron chi connectivity index (χ4n) is 2.98. The van der Waals surface area contributed by atoms with Crippen LogP contribution in [0.25, 0.3) is 6.08 Å². The average molecular weight is 352 g/mol. The molecule has 3 rings (SSSR count). The number of hydrogen-bond acceptors (Lipinski definition) is 4. The molecule has 1 aliphatic heterocycles. The van der Waals surface area contributed by atoms with Crippen molar-refractivity contribution >= 4 is 17.9 Å². The van der Waals surface area contributed by atoms with E-state index < -0.39 is 5.91 Å². The Morgan fingerprint density at radius 2 is 1.92 bits per heavy atom. The van der Waals surface area contributed by atoms with Gasteiger partial charge in [0.15, 0.2) is 0 Å². The van der Waals surface area contributed by atoms with E-state index in [1.165, 1.54) is 11.6 Å². The van der Waals surface area contributed by atoms with Crippen LogP contribution in [-0.2, 0) is 17.8 Å². The molecule has 0 saturated carbocycles. The SMILES string of the molecule is COc1ccc(C(=O)N2CCc3ccc(C=CC(=O)NO)cc3C2)cc1. The van der Waals surface area contributed by atoms with E-state index in [9.17, 15) is 9.59 Å². The Labute approximate surface area is 151 Å². The number of carbonyl (C=O) groups excluding carboxylic acids is 2. The first-order valence-electron chi connectivity index (χ1n) is 8.28. The Balaban J connectivity index is 1.76. The lowest BCUT2D eigenvalue weighted by atomic mass is 9.96. The normalized spacial score (nSPS) is 13.4. The van der Waals surface area contributed by atoms with Gasteiger partial charge >= 0.3 is 0 Å². The van der Waals surface area contributed by atoms with Gasteiger partial charge in [-0.3, -0.25) is 14.8 Å². The lowest BCUT2D eigenvalue weighted by Crippen LogP contribution is -2.35. The first-order valence-corrected chi connectivity index (χ1v) is 8.28. The molecule has 134 valence electrons.